The quantitative estimate of drug-likeness (QED) is 0.484. The Morgan fingerprint density at radius 3 is 1.71 bits per heavy atom. The number of alkyl halides is 6. The predicted molar refractivity (Wildman–Crippen MR) is 82.5 cm³/mol. The summed E-state index contributed by atoms with van der Waals surface area (Å²) >= 11 is 0. The van der Waals surface area contributed by atoms with Crippen LogP contribution in [0.4, 0.5) is 26.3 Å². The number of carbonyl (C=O) groups is 3. The first-order valence-corrected chi connectivity index (χ1v) is 7.97. The molecular weight excluding hydrogens is 404 g/mol. The van der Waals surface area contributed by atoms with E-state index in [1.54, 1.807) is 0 Å². The first-order valence-electron chi connectivity index (χ1n) is 7.97. The lowest BCUT2D eigenvalue weighted by Gasteiger charge is -2.34. The molecule has 164 valence electrons. The fraction of sp³-hybridized carbons (Fsp3) is 0.786. The minimum Gasteiger partial charge on any atom is -0.475 e. The summed E-state index contributed by atoms with van der Waals surface area (Å²) in [6, 6.07) is 0.488. The monoisotopic (exact) mass is 425 g/mol. The molecular formula is C14H21F6N3O5. The fourth-order valence-electron chi connectivity index (χ4n) is 1.95. The molecule has 1 atom stereocenters. The number of aliphatic carboxylic acids is 2. The molecule has 14 heteroatoms. The number of amides is 1. The topological polar surface area (TPSA) is 119 Å². The Morgan fingerprint density at radius 2 is 1.43 bits per heavy atom. The van der Waals surface area contributed by atoms with Crippen LogP contribution in [0.25, 0.3) is 0 Å². The normalized spacial score (nSPS) is 20.5. The highest BCUT2D eigenvalue weighted by atomic mass is 19.4. The number of carbonyl (C=O) groups excluding carboxylic acids is 1. The molecule has 1 aliphatic heterocycles. The van der Waals surface area contributed by atoms with E-state index in [1.807, 2.05) is 7.05 Å². The van der Waals surface area contributed by atoms with Gasteiger partial charge in [-0.1, -0.05) is 0 Å². The highest BCUT2D eigenvalue weighted by molar-refractivity contribution is 5.82. The largest absolute Gasteiger partial charge is 0.490 e. The summed E-state index contributed by atoms with van der Waals surface area (Å²) in [6.45, 7) is 2.74. The summed E-state index contributed by atoms with van der Waals surface area (Å²) in [7, 11) is 2.02. The summed E-state index contributed by atoms with van der Waals surface area (Å²) in [5.41, 5.74) is 0. The average Bonchev–Trinajstić information content (AvgIpc) is 2.50. The molecule has 1 saturated heterocycles. The van der Waals surface area contributed by atoms with Crippen LogP contribution in [-0.4, -0.2) is 84.1 Å². The molecule has 8 nitrogen and oxygen atoms in total. The van der Waals surface area contributed by atoms with Crippen LogP contribution in [0.5, 0.6) is 0 Å². The summed E-state index contributed by atoms with van der Waals surface area (Å²) in [5, 5.41) is 20.6. The van der Waals surface area contributed by atoms with Crippen molar-refractivity contribution in [3.63, 3.8) is 0 Å². The molecule has 0 aromatic carbocycles. The lowest BCUT2D eigenvalue weighted by Crippen LogP contribution is -2.58. The zero-order chi connectivity index (χ0) is 22.1. The molecule has 1 heterocycles. The van der Waals surface area contributed by atoms with Crippen LogP contribution in [0.3, 0.4) is 0 Å². The van der Waals surface area contributed by atoms with Gasteiger partial charge in [0.2, 0.25) is 5.91 Å². The maximum Gasteiger partial charge on any atom is 0.490 e. The van der Waals surface area contributed by atoms with E-state index in [0.29, 0.717) is 6.04 Å². The number of hydrogen-bond donors (Lipinski definition) is 4. The molecule has 0 spiro atoms. The van der Waals surface area contributed by atoms with Crippen LogP contribution < -0.4 is 10.6 Å². The summed E-state index contributed by atoms with van der Waals surface area (Å²) in [4.78, 5) is 31.7. The van der Waals surface area contributed by atoms with Gasteiger partial charge >= 0.3 is 24.3 Å². The number of halogens is 6. The van der Waals surface area contributed by atoms with Gasteiger partial charge in [-0.25, -0.2) is 9.59 Å². The van der Waals surface area contributed by atoms with E-state index >= 15 is 0 Å². The molecule has 2 aliphatic rings. The Balaban J connectivity index is 0.000000444. The van der Waals surface area contributed by atoms with E-state index in [-0.39, 0.29) is 11.9 Å². The van der Waals surface area contributed by atoms with Crippen LogP contribution in [0.15, 0.2) is 0 Å². The van der Waals surface area contributed by atoms with E-state index in [2.05, 4.69) is 15.5 Å². The van der Waals surface area contributed by atoms with Gasteiger partial charge < -0.3 is 20.8 Å². The number of rotatable bonds is 2. The highest BCUT2D eigenvalue weighted by Crippen LogP contribution is 2.18. The number of carboxylic acids is 2. The number of nitrogens with one attached hydrogen (secondary N) is 2. The van der Waals surface area contributed by atoms with Gasteiger partial charge in [-0.05, 0) is 26.3 Å². The average molecular weight is 425 g/mol. The fourth-order valence-corrected chi connectivity index (χ4v) is 1.95. The molecule has 0 unspecified atom stereocenters. The SMILES string of the molecule is CN1CCNC[C@@H]1C(=O)NC1CCC1.O=C(O)C(F)(F)F.O=C(O)C(F)(F)F. The maximum absolute atomic E-state index is 11.8. The minimum atomic E-state index is -5.08. The molecule has 0 aromatic rings. The van der Waals surface area contributed by atoms with Gasteiger partial charge in [0, 0.05) is 25.7 Å². The van der Waals surface area contributed by atoms with Crippen molar-refractivity contribution in [3.05, 3.63) is 0 Å². The molecule has 2 fully saturated rings. The lowest BCUT2D eigenvalue weighted by atomic mass is 9.93. The number of nitrogens with zero attached hydrogens (tertiary/aromatic N) is 1. The second kappa shape index (κ2) is 11.0. The molecule has 0 radical (unpaired) electrons. The van der Waals surface area contributed by atoms with E-state index in [0.717, 1.165) is 32.5 Å². The third-order valence-corrected chi connectivity index (χ3v) is 3.75. The molecule has 1 saturated carbocycles. The van der Waals surface area contributed by atoms with Crippen LogP contribution in [-0.2, 0) is 14.4 Å². The second-order valence-corrected chi connectivity index (χ2v) is 5.94. The molecule has 2 rings (SSSR count). The first-order chi connectivity index (χ1) is 12.7. The van der Waals surface area contributed by atoms with Crippen LogP contribution >= 0.6 is 0 Å². The maximum atomic E-state index is 11.8. The zero-order valence-corrected chi connectivity index (χ0v) is 14.7. The van der Waals surface area contributed by atoms with Crippen molar-refractivity contribution in [2.75, 3.05) is 26.7 Å². The molecule has 28 heavy (non-hydrogen) atoms. The molecule has 1 aliphatic carbocycles. The van der Waals surface area contributed by atoms with E-state index < -0.39 is 24.3 Å². The van der Waals surface area contributed by atoms with Crippen LogP contribution in [0.1, 0.15) is 19.3 Å². The third kappa shape index (κ3) is 10.3. The predicted octanol–water partition coefficient (Wildman–Crippen LogP) is 0.825. The van der Waals surface area contributed by atoms with Gasteiger partial charge in [0.15, 0.2) is 0 Å². The molecule has 0 bridgehead atoms. The van der Waals surface area contributed by atoms with Gasteiger partial charge in [0.1, 0.15) is 6.04 Å². The van der Waals surface area contributed by atoms with Crippen molar-refractivity contribution < 1.29 is 50.9 Å². The minimum absolute atomic E-state index is 0.0318. The van der Waals surface area contributed by atoms with Gasteiger partial charge in [-0.15, -0.1) is 0 Å². The van der Waals surface area contributed by atoms with Crippen molar-refractivity contribution in [3.8, 4) is 0 Å². The Morgan fingerprint density at radius 1 is 1.00 bits per heavy atom. The van der Waals surface area contributed by atoms with E-state index in [4.69, 9.17) is 19.8 Å². The second-order valence-electron chi connectivity index (χ2n) is 5.94. The summed E-state index contributed by atoms with van der Waals surface area (Å²) < 4.78 is 63.5. The number of piperazine rings is 1. The Kier molecular flexibility index (Phi) is 10.2. The number of carboxylic acid groups (broad SMARTS) is 2. The Hall–Kier alpha value is -2.09. The standard InChI is InChI=1S/C10H19N3O.2C2HF3O2/c1-13-6-5-11-7-9(13)10(14)12-8-3-2-4-8;2*3-2(4,5)1(6)7/h8-9,11H,2-7H2,1H3,(H,12,14);2*(H,6,7)/t9-;;/m1../s1. The Labute approximate surface area is 155 Å². The molecule has 4 N–H and O–H groups in total. The van der Waals surface area contributed by atoms with Gasteiger partial charge in [0.05, 0.1) is 0 Å². The number of likely N-dealkylation sites (N-methyl/N-ethyl adjacent to an activating group) is 1. The smallest absolute Gasteiger partial charge is 0.475 e. The van der Waals surface area contributed by atoms with Crippen molar-refractivity contribution in [1.82, 2.24) is 15.5 Å². The van der Waals surface area contributed by atoms with Crippen molar-refractivity contribution >= 4 is 17.8 Å². The molecule has 1 amide bonds. The third-order valence-electron chi connectivity index (χ3n) is 3.75. The van der Waals surface area contributed by atoms with Crippen molar-refractivity contribution in [1.29, 1.82) is 0 Å². The first kappa shape index (κ1) is 25.9. The van der Waals surface area contributed by atoms with Crippen molar-refractivity contribution in [2.45, 2.75) is 43.7 Å². The highest BCUT2D eigenvalue weighted by Gasteiger charge is 2.38. The lowest BCUT2D eigenvalue weighted by molar-refractivity contribution is -0.193. The van der Waals surface area contributed by atoms with E-state index in [1.165, 1.54) is 6.42 Å². The summed E-state index contributed by atoms with van der Waals surface area (Å²) in [5.74, 6) is -5.32. The zero-order valence-electron chi connectivity index (χ0n) is 14.7. The van der Waals surface area contributed by atoms with Gasteiger partial charge in [-0.2, -0.15) is 26.3 Å². The van der Waals surface area contributed by atoms with Crippen molar-refractivity contribution in [2.24, 2.45) is 0 Å². The number of hydrogen-bond acceptors (Lipinski definition) is 5. The van der Waals surface area contributed by atoms with Gasteiger partial charge in [0.25, 0.3) is 0 Å². The Bertz CT molecular complexity index is 513. The molecule has 0 aromatic heterocycles. The summed E-state index contributed by atoms with van der Waals surface area (Å²) in [6.07, 6.45) is -6.57. The van der Waals surface area contributed by atoms with Crippen LogP contribution in [0.2, 0.25) is 0 Å². The van der Waals surface area contributed by atoms with Gasteiger partial charge in [-0.3, -0.25) is 9.69 Å². The van der Waals surface area contributed by atoms with Crippen LogP contribution in [0, 0.1) is 0 Å². The van der Waals surface area contributed by atoms with E-state index in [9.17, 15) is 31.1 Å².